The molecule has 0 aliphatic carbocycles. The molecule has 2 aliphatic heterocycles. The highest BCUT2D eigenvalue weighted by atomic mass is 16.7. The molecule has 0 amide bonds. The molecule has 0 aromatic carbocycles. The van der Waals surface area contributed by atoms with E-state index >= 15 is 0 Å². The van der Waals surface area contributed by atoms with Gasteiger partial charge in [-0.2, -0.15) is 0 Å². The highest BCUT2D eigenvalue weighted by Crippen LogP contribution is 2.32. The predicted octanol–water partition coefficient (Wildman–Crippen LogP) is 1.95. The van der Waals surface area contributed by atoms with Gasteiger partial charge in [-0.15, -0.1) is 0 Å². The van der Waals surface area contributed by atoms with Gasteiger partial charge in [-0.25, -0.2) is 0 Å². The second-order valence-corrected chi connectivity index (χ2v) is 4.15. The van der Waals surface area contributed by atoms with Gasteiger partial charge in [-0.1, -0.05) is 20.3 Å². The van der Waals surface area contributed by atoms with E-state index < -0.39 is 0 Å². The second kappa shape index (κ2) is 4.60. The Hall–Kier alpha value is -0.120. The minimum Gasteiger partial charge on any atom is -0.373 e. The molecule has 2 rings (SSSR count). The van der Waals surface area contributed by atoms with Crippen molar-refractivity contribution in [3.05, 3.63) is 0 Å². The molecule has 4 atom stereocenters. The Kier molecular flexibility index (Phi) is 3.42. The first kappa shape index (κ1) is 10.4. The van der Waals surface area contributed by atoms with Crippen molar-refractivity contribution >= 4 is 0 Å². The van der Waals surface area contributed by atoms with Crippen LogP contribution in [0, 0.1) is 5.92 Å². The van der Waals surface area contributed by atoms with E-state index in [2.05, 4.69) is 13.8 Å². The average molecular weight is 200 g/mol. The van der Waals surface area contributed by atoms with Crippen LogP contribution in [0.5, 0.6) is 0 Å². The van der Waals surface area contributed by atoms with E-state index in [1.165, 1.54) is 6.42 Å². The summed E-state index contributed by atoms with van der Waals surface area (Å²) in [5.41, 5.74) is 0. The molecule has 2 fully saturated rings. The van der Waals surface area contributed by atoms with Crippen LogP contribution in [0.4, 0.5) is 0 Å². The largest absolute Gasteiger partial charge is 0.373 e. The van der Waals surface area contributed by atoms with Crippen molar-refractivity contribution in [3.8, 4) is 0 Å². The maximum Gasteiger partial charge on any atom is 0.147 e. The van der Waals surface area contributed by atoms with Gasteiger partial charge >= 0.3 is 0 Å². The molecule has 0 N–H and O–H groups in total. The lowest BCUT2D eigenvalue weighted by Crippen LogP contribution is -2.53. The summed E-state index contributed by atoms with van der Waals surface area (Å²) in [6.45, 7) is 5.68. The molecular weight excluding hydrogens is 180 g/mol. The molecule has 2 unspecified atom stereocenters. The zero-order chi connectivity index (χ0) is 9.97. The maximum absolute atomic E-state index is 5.77. The van der Waals surface area contributed by atoms with Crippen LogP contribution in [0.25, 0.3) is 0 Å². The first-order valence-electron chi connectivity index (χ1n) is 5.71. The molecule has 0 radical (unpaired) electrons. The molecule has 82 valence electrons. The van der Waals surface area contributed by atoms with Crippen molar-refractivity contribution < 1.29 is 14.2 Å². The van der Waals surface area contributed by atoms with Crippen molar-refractivity contribution in [3.63, 3.8) is 0 Å². The lowest BCUT2D eigenvalue weighted by Gasteiger charge is -2.44. The summed E-state index contributed by atoms with van der Waals surface area (Å²) >= 11 is 0. The van der Waals surface area contributed by atoms with Gasteiger partial charge in [0.2, 0.25) is 0 Å². The number of fused-ring (bicyclic) bond motifs is 1. The Morgan fingerprint density at radius 1 is 1.00 bits per heavy atom. The van der Waals surface area contributed by atoms with E-state index in [1.807, 2.05) is 0 Å². The topological polar surface area (TPSA) is 27.7 Å². The second-order valence-electron chi connectivity index (χ2n) is 4.15. The van der Waals surface area contributed by atoms with Gasteiger partial charge < -0.3 is 14.2 Å². The lowest BCUT2D eigenvalue weighted by molar-refractivity contribution is -0.272. The van der Waals surface area contributed by atoms with Crippen molar-refractivity contribution in [2.24, 2.45) is 5.92 Å². The van der Waals surface area contributed by atoms with Gasteiger partial charge in [0.05, 0.1) is 12.2 Å². The van der Waals surface area contributed by atoms with Gasteiger partial charge in [-0.3, -0.25) is 0 Å². The van der Waals surface area contributed by atoms with Crippen molar-refractivity contribution in [2.75, 3.05) is 13.4 Å². The fourth-order valence-electron chi connectivity index (χ4n) is 2.52. The summed E-state index contributed by atoms with van der Waals surface area (Å²) in [6, 6.07) is 0. The van der Waals surface area contributed by atoms with E-state index in [-0.39, 0.29) is 18.3 Å². The molecule has 2 aliphatic rings. The molecule has 3 heteroatoms. The van der Waals surface area contributed by atoms with E-state index in [9.17, 15) is 0 Å². The fraction of sp³-hybridized carbons (Fsp3) is 1.00. The van der Waals surface area contributed by atoms with E-state index in [0.717, 1.165) is 19.4 Å². The van der Waals surface area contributed by atoms with Crippen LogP contribution in [0.15, 0.2) is 0 Å². The molecule has 0 spiro atoms. The molecule has 2 saturated heterocycles. The molecule has 0 aromatic rings. The van der Waals surface area contributed by atoms with Crippen LogP contribution in [-0.4, -0.2) is 31.7 Å². The normalized spacial score (nSPS) is 43.3. The molecule has 3 nitrogen and oxygen atoms in total. The zero-order valence-electron chi connectivity index (χ0n) is 9.07. The zero-order valence-corrected chi connectivity index (χ0v) is 9.07. The third kappa shape index (κ3) is 1.81. The SMILES string of the molecule is CC[C@H]1CCOC2C1OCO[C@H]2CC. The standard InChI is InChI=1S/C11H20O3/c1-3-8-5-6-12-11-9(4-2)13-7-14-10(8)11/h8-11H,3-7H2,1-2H3/t8-,9-,10?,11?/m0/s1. The first-order valence-corrected chi connectivity index (χ1v) is 5.71. The molecule has 0 bridgehead atoms. The van der Waals surface area contributed by atoms with Gasteiger partial charge in [0.1, 0.15) is 12.9 Å². The number of ether oxygens (including phenoxy) is 3. The fourth-order valence-corrected chi connectivity index (χ4v) is 2.52. The number of rotatable bonds is 2. The van der Waals surface area contributed by atoms with Crippen LogP contribution in [0.2, 0.25) is 0 Å². The quantitative estimate of drug-likeness (QED) is 0.682. The van der Waals surface area contributed by atoms with Gasteiger partial charge in [-0.05, 0) is 18.8 Å². The Bertz CT molecular complexity index is 163. The number of hydrogen-bond acceptors (Lipinski definition) is 3. The Balaban J connectivity index is 2.04. The summed E-state index contributed by atoms with van der Waals surface area (Å²) in [5.74, 6) is 0.659. The van der Waals surface area contributed by atoms with Crippen molar-refractivity contribution in [1.82, 2.24) is 0 Å². The number of hydrogen-bond donors (Lipinski definition) is 0. The van der Waals surface area contributed by atoms with Crippen molar-refractivity contribution in [1.29, 1.82) is 0 Å². The summed E-state index contributed by atoms with van der Waals surface area (Å²) in [7, 11) is 0. The minimum atomic E-state index is 0.174. The summed E-state index contributed by atoms with van der Waals surface area (Å²) in [5, 5.41) is 0. The Morgan fingerprint density at radius 2 is 1.86 bits per heavy atom. The molecular formula is C11H20O3. The van der Waals surface area contributed by atoms with Crippen LogP contribution in [-0.2, 0) is 14.2 Å². The highest BCUT2D eigenvalue weighted by Gasteiger charge is 2.41. The van der Waals surface area contributed by atoms with E-state index in [0.29, 0.717) is 12.7 Å². The van der Waals surface area contributed by atoms with Crippen LogP contribution in [0.1, 0.15) is 33.1 Å². The molecule has 0 aromatic heterocycles. The third-order valence-electron chi connectivity index (χ3n) is 3.42. The van der Waals surface area contributed by atoms with Crippen LogP contribution in [0.3, 0.4) is 0 Å². The average Bonchev–Trinajstić information content (AvgIpc) is 2.27. The summed E-state index contributed by atoms with van der Waals surface area (Å²) in [6.07, 6.45) is 4.01. The van der Waals surface area contributed by atoms with E-state index in [1.54, 1.807) is 0 Å². The molecule has 14 heavy (non-hydrogen) atoms. The van der Waals surface area contributed by atoms with Crippen LogP contribution >= 0.6 is 0 Å². The van der Waals surface area contributed by atoms with Gasteiger partial charge in [0.15, 0.2) is 0 Å². The highest BCUT2D eigenvalue weighted by molar-refractivity contribution is 4.88. The first-order chi connectivity index (χ1) is 6.86. The van der Waals surface area contributed by atoms with Crippen molar-refractivity contribution in [2.45, 2.75) is 51.4 Å². The van der Waals surface area contributed by atoms with Gasteiger partial charge in [0.25, 0.3) is 0 Å². The third-order valence-corrected chi connectivity index (χ3v) is 3.42. The molecule has 0 saturated carbocycles. The lowest BCUT2D eigenvalue weighted by atomic mass is 9.86. The van der Waals surface area contributed by atoms with Gasteiger partial charge in [0, 0.05) is 6.61 Å². The minimum absolute atomic E-state index is 0.174. The van der Waals surface area contributed by atoms with Crippen LogP contribution < -0.4 is 0 Å². The molecule has 2 heterocycles. The maximum atomic E-state index is 5.77. The Labute approximate surface area is 85.7 Å². The summed E-state index contributed by atoms with van der Waals surface area (Å²) in [4.78, 5) is 0. The summed E-state index contributed by atoms with van der Waals surface area (Å²) < 4.78 is 17.0. The smallest absolute Gasteiger partial charge is 0.147 e. The monoisotopic (exact) mass is 200 g/mol. The Morgan fingerprint density at radius 3 is 2.57 bits per heavy atom. The predicted molar refractivity (Wildman–Crippen MR) is 53.0 cm³/mol. The van der Waals surface area contributed by atoms with E-state index in [4.69, 9.17) is 14.2 Å².